The largest absolute Gasteiger partial charge is 0.480 e. The van der Waals surface area contributed by atoms with Gasteiger partial charge in [-0.25, -0.2) is 4.68 Å². The SMILES string of the molecule is COCn1nnc2cc(N(C)CC(=O)O)ccc21. The molecule has 96 valence electrons. The third-order valence-corrected chi connectivity index (χ3v) is 2.56. The molecule has 0 aliphatic carbocycles. The lowest BCUT2D eigenvalue weighted by Crippen LogP contribution is -2.24. The summed E-state index contributed by atoms with van der Waals surface area (Å²) in [6.45, 7) is 0.276. The van der Waals surface area contributed by atoms with Crippen LogP contribution in [0.4, 0.5) is 5.69 Å². The zero-order valence-electron chi connectivity index (χ0n) is 10.2. The van der Waals surface area contributed by atoms with Crippen molar-refractivity contribution in [3.8, 4) is 0 Å². The van der Waals surface area contributed by atoms with Gasteiger partial charge in [-0.15, -0.1) is 5.10 Å². The van der Waals surface area contributed by atoms with Crippen molar-refractivity contribution in [2.45, 2.75) is 6.73 Å². The van der Waals surface area contributed by atoms with Gasteiger partial charge in [0.2, 0.25) is 0 Å². The van der Waals surface area contributed by atoms with Gasteiger partial charge in [0, 0.05) is 19.8 Å². The van der Waals surface area contributed by atoms with Crippen molar-refractivity contribution in [2.24, 2.45) is 0 Å². The van der Waals surface area contributed by atoms with E-state index < -0.39 is 5.97 Å². The van der Waals surface area contributed by atoms with Crippen molar-refractivity contribution >= 4 is 22.7 Å². The summed E-state index contributed by atoms with van der Waals surface area (Å²) in [5, 5.41) is 16.7. The molecule has 1 heterocycles. The highest BCUT2D eigenvalue weighted by molar-refractivity contribution is 5.80. The third-order valence-electron chi connectivity index (χ3n) is 2.56. The fourth-order valence-electron chi connectivity index (χ4n) is 1.71. The highest BCUT2D eigenvalue weighted by Gasteiger charge is 2.09. The first-order valence-corrected chi connectivity index (χ1v) is 5.37. The van der Waals surface area contributed by atoms with Crippen LogP contribution in [0.2, 0.25) is 0 Å². The number of carbonyl (C=O) groups is 1. The first-order valence-electron chi connectivity index (χ1n) is 5.37. The Morgan fingerprint density at radius 3 is 3.00 bits per heavy atom. The Balaban J connectivity index is 2.30. The summed E-state index contributed by atoms with van der Waals surface area (Å²) in [6, 6.07) is 5.49. The number of rotatable bonds is 5. The summed E-state index contributed by atoms with van der Waals surface area (Å²) in [5.74, 6) is -0.874. The van der Waals surface area contributed by atoms with E-state index in [0.717, 1.165) is 11.2 Å². The summed E-state index contributed by atoms with van der Waals surface area (Å²) in [7, 11) is 3.30. The molecule has 0 unspecified atom stereocenters. The predicted octanol–water partition coefficient (Wildman–Crippen LogP) is 0.556. The topological polar surface area (TPSA) is 80.5 Å². The molecular formula is C11H14N4O3. The van der Waals surface area contributed by atoms with Gasteiger partial charge in [-0.3, -0.25) is 4.79 Å². The molecule has 18 heavy (non-hydrogen) atoms. The lowest BCUT2D eigenvalue weighted by molar-refractivity contribution is -0.135. The summed E-state index contributed by atoms with van der Waals surface area (Å²) >= 11 is 0. The van der Waals surface area contributed by atoms with E-state index in [1.54, 1.807) is 29.8 Å². The third kappa shape index (κ3) is 2.40. The van der Waals surface area contributed by atoms with Crippen molar-refractivity contribution in [1.29, 1.82) is 0 Å². The second kappa shape index (κ2) is 5.01. The number of fused-ring (bicyclic) bond motifs is 1. The number of benzene rings is 1. The molecule has 0 amide bonds. The van der Waals surface area contributed by atoms with Crippen LogP contribution in [-0.4, -0.2) is 46.8 Å². The van der Waals surface area contributed by atoms with Crippen LogP contribution in [0.1, 0.15) is 0 Å². The molecule has 2 rings (SSSR count). The molecule has 0 atom stereocenters. The number of aromatic nitrogens is 3. The molecule has 2 aromatic rings. The predicted molar refractivity (Wildman–Crippen MR) is 65.4 cm³/mol. The average molecular weight is 250 g/mol. The van der Waals surface area contributed by atoms with Gasteiger partial charge in [-0.2, -0.15) is 0 Å². The molecule has 0 fully saturated rings. The number of hydrogen-bond acceptors (Lipinski definition) is 5. The van der Waals surface area contributed by atoms with E-state index >= 15 is 0 Å². The maximum absolute atomic E-state index is 10.6. The normalized spacial score (nSPS) is 10.8. The van der Waals surface area contributed by atoms with Crippen LogP contribution in [0.15, 0.2) is 18.2 Å². The van der Waals surface area contributed by atoms with Crippen molar-refractivity contribution in [3.63, 3.8) is 0 Å². The first kappa shape index (κ1) is 12.3. The molecule has 1 aromatic heterocycles. The number of aliphatic carboxylic acids is 1. The van der Waals surface area contributed by atoms with Gasteiger partial charge in [-0.1, -0.05) is 5.21 Å². The first-order chi connectivity index (χ1) is 8.61. The van der Waals surface area contributed by atoms with Crippen LogP contribution in [-0.2, 0) is 16.3 Å². The lowest BCUT2D eigenvalue weighted by atomic mass is 10.2. The Morgan fingerprint density at radius 1 is 1.56 bits per heavy atom. The summed E-state index contributed by atoms with van der Waals surface area (Å²) < 4.78 is 6.63. The number of ether oxygens (including phenoxy) is 1. The Labute approximate surface area is 104 Å². The minimum Gasteiger partial charge on any atom is -0.480 e. The van der Waals surface area contributed by atoms with Crippen LogP contribution < -0.4 is 4.90 Å². The number of nitrogens with zero attached hydrogens (tertiary/aromatic N) is 4. The van der Waals surface area contributed by atoms with Crippen LogP contribution in [0, 0.1) is 0 Å². The maximum atomic E-state index is 10.6. The van der Waals surface area contributed by atoms with Gasteiger partial charge in [-0.05, 0) is 18.2 Å². The monoisotopic (exact) mass is 250 g/mol. The van der Waals surface area contributed by atoms with Gasteiger partial charge < -0.3 is 14.7 Å². The van der Waals surface area contributed by atoms with Crippen molar-refractivity contribution in [2.75, 3.05) is 25.6 Å². The number of carboxylic acids is 1. The fourth-order valence-corrected chi connectivity index (χ4v) is 1.71. The summed E-state index contributed by atoms with van der Waals surface area (Å²) in [4.78, 5) is 12.3. The molecule has 1 aromatic carbocycles. The van der Waals surface area contributed by atoms with Crippen molar-refractivity contribution < 1.29 is 14.6 Å². The number of likely N-dealkylation sites (N-methyl/N-ethyl adjacent to an activating group) is 1. The second-order valence-corrected chi connectivity index (χ2v) is 3.93. The van der Waals surface area contributed by atoms with Crippen LogP contribution in [0.25, 0.3) is 11.0 Å². The van der Waals surface area contributed by atoms with Crippen molar-refractivity contribution in [3.05, 3.63) is 18.2 Å². The summed E-state index contributed by atoms with van der Waals surface area (Å²) in [5.41, 5.74) is 2.35. The van der Waals surface area contributed by atoms with E-state index in [1.165, 1.54) is 0 Å². The molecular weight excluding hydrogens is 236 g/mol. The second-order valence-electron chi connectivity index (χ2n) is 3.93. The Hall–Kier alpha value is -2.15. The minimum absolute atomic E-state index is 0.0578. The van der Waals surface area contributed by atoms with Gasteiger partial charge in [0.25, 0.3) is 0 Å². The highest BCUT2D eigenvalue weighted by Crippen LogP contribution is 2.19. The molecule has 7 nitrogen and oxygen atoms in total. The molecule has 0 aliphatic rings. The van der Waals surface area contributed by atoms with Gasteiger partial charge in [0.1, 0.15) is 18.8 Å². The Kier molecular flexibility index (Phi) is 3.42. The Bertz CT molecular complexity index is 566. The van der Waals surface area contributed by atoms with Gasteiger partial charge >= 0.3 is 5.97 Å². The van der Waals surface area contributed by atoms with E-state index in [9.17, 15) is 4.79 Å². The number of hydrogen-bond donors (Lipinski definition) is 1. The van der Waals surface area contributed by atoms with Gasteiger partial charge in [0.15, 0.2) is 0 Å². The standard InChI is InChI=1S/C11H14N4O3/c1-14(6-11(16)17)8-3-4-10-9(5-8)12-13-15(10)7-18-2/h3-5H,6-7H2,1-2H3,(H,16,17). The molecule has 0 aliphatic heterocycles. The molecule has 0 saturated carbocycles. The van der Waals surface area contributed by atoms with E-state index in [2.05, 4.69) is 10.3 Å². The molecule has 1 N–H and O–H groups in total. The number of anilines is 1. The van der Waals surface area contributed by atoms with E-state index in [0.29, 0.717) is 12.2 Å². The molecule has 0 radical (unpaired) electrons. The van der Waals surface area contributed by atoms with Crippen LogP contribution >= 0.6 is 0 Å². The maximum Gasteiger partial charge on any atom is 0.323 e. The van der Waals surface area contributed by atoms with E-state index in [1.807, 2.05) is 12.1 Å². The number of carboxylic acid groups (broad SMARTS) is 1. The van der Waals surface area contributed by atoms with Gasteiger partial charge in [0.05, 0.1) is 5.52 Å². The molecule has 0 spiro atoms. The summed E-state index contributed by atoms with van der Waals surface area (Å²) in [6.07, 6.45) is 0. The minimum atomic E-state index is -0.874. The molecule has 7 heteroatoms. The quantitative estimate of drug-likeness (QED) is 0.835. The Morgan fingerprint density at radius 2 is 2.33 bits per heavy atom. The van der Waals surface area contributed by atoms with Crippen LogP contribution in [0.3, 0.4) is 0 Å². The van der Waals surface area contributed by atoms with E-state index in [4.69, 9.17) is 9.84 Å². The zero-order chi connectivity index (χ0) is 13.1. The molecule has 0 saturated heterocycles. The lowest BCUT2D eigenvalue weighted by Gasteiger charge is -2.16. The zero-order valence-corrected chi connectivity index (χ0v) is 10.2. The average Bonchev–Trinajstić information content (AvgIpc) is 2.71. The van der Waals surface area contributed by atoms with E-state index in [-0.39, 0.29) is 6.54 Å². The van der Waals surface area contributed by atoms with Crippen LogP contribution in [0.5, 0.6) is 0 Å². The number of methoxy groups -OCH3 is 1. The fraction of sp³-hybridized carbons (Fsp3) is 0.364. The smallest absolute Gasteiger partial charge is 0.323 e. The van der Waals surface area contributed by atoms with Crippen molar-refractivity contribution in [1.82, 2.24) is 15.0 Å². The molecule has 0 bridgehead atoms. The highest BCUT2D eigenvalue weighted by atomic mass is 16.5.